The summed E-state index contributed by atoms with van der Waals surface area (Å²) < 4.78 is 5.31. The first kappa shape index (κ1) is 17.0. The fourth-order valence-corrected chi connectivity index (χ4v) is 1.55. The van der Waals surface area contributed by atoms with E-state index in [1.165, 1.54) is 0 Å². The second-order valence-corrected chi connectivity index (χ2v) is 4.01. The summed E-state index contributed by atoms with van der Waals surface area (Å²) in [4.78, 5) is 22.6. The lowest BCUT2D eigenvalue weighted by molar-refractivity contribution is -0.118. The van der Waals surface area contributed by atoms with E-state index in [1.807, 2.05) is 6.92 Å². The van der Waals surface area contributed by atoms with Gasteiger partial charge in [0.2, 0.25) is 5.91 Å². The van der Waals surface area contributed by atoms with Gasteiger partial charge in [-0.3, -0.25) is 9.59 Å². The number of primary amides is 1. The van der Waals surface area contributed by atoms with Crippen LogP contribution in [0.2, 0.25) is 0 Å². The summed E-state index contributed by atoms with van der Waals surface area (Å²) in [6.45, 7) is 4.15. The van der Waals surface area contributed by atoms with Crippen LogP contribution in [0.1, 0.15) is 38.1 Å². The lowest BCUT2D eigenvalue weighted by atomic mass is 10.1. The van der Waals surface area contributed by atoms with Crippen LogP contribution < -0.4 is 15.8 Å². The first-order chi connectivity index (χ1) is 8.52. The van der Waals surface area contributed by atoms with E-state index in [0.29, 0.717) is 17.9 Å². The fourth-order valence-electron chi connectivity index (χ4n) is 1.55. The van der Waals surface area contributed by atoms with Crippen LogP contribution in [-0.4, -0.2) is 24.5 Å². The summed E-state index contributed by atoms with van der Waals surface area (Å²) in [5.41, 5.74) is 5.56. The number of carbonyl (C=O) groups is 2. The molecule has 0 radical (unpaired) electrons. The predicted octanol–water partition coefficient (Wildman–Crippen LogP) is 1.72. The second-order valence-electron chi connectivity index (χ2n) is 4.01. The molecule has 106 valence electrons. The molecule has 1 aromatic rings. The van der Waals surface area contributed by atoms with Gasteiger partial charge in [0.05, 0.1) is 6.61 Å². The van der Waals surface area contributed by atoms with Crippen LogP contribution in [-0.2, 0) is 4.79 Å². The summed E-state index contributed by atoms with van der Waals surface area (Å²) in [6, 6.07) is 6.60. The maximum absolute atomic E-state index is 11.9. The highest BCUT2D eigenvalue weighted by molar-refractivity contribution is 5.95. The smallest absolute Gasteiger partial charge is 0.251 e. The van der Waals surface area contributed by atoms with Gasteiger partial charge in [0.1, 0.15) is 5.75 Å². The van der Waals surface area contributed by atoms with Gasteiger partial charge >= 0.3 is 0 Å². The van der Waals surface area contributed by atoms with Crippen LogP contribution in [0.5, 0.6) is 5.75 Å². The average molecular weight is 266 g/mol. The number of carbonyl (C=O) groups excluding carboxylic acids is 2. The Bertz CT molecular complexity index is 432. The molecule has 2 amide bonds. The van der Waals surface area contributed by atoms with Crippen molar-refractivity contribution in [3.63, 3.8) is 0 Å². The first-order valence-electron chi connectivity index (χ1n) is 5.85. The molecule has 1 aromatic carbocycles. The van der Waals surface area contributed by atoms with E-state index in [2.05, 4.69) is 5.32 Å². The molecule has 0 fully saturated rings. The van der Waals surface area contributed by atoms with E-state index in [0.717, 1.165) is 0 Å². The average Bonchev–Trinajstić information content (AvgIpc) is 2.28. The zero-order valence-corrected chi connectivity index (χ0v) is 10.6. The van der Waals surface area contributed by atoms with E-state index in [-0.39, 0.29) is 25.8 Å². The Morgan fingerprint density at radius 2 is 2.11 bits per heavy atom. The van der Waals surface area contributed by atoms with Crippen LogP contribution in [0.4, 0.5) is 0 Å². The number of hydrogen-bond donors (Lipinski definition) is 2. The Balaban J connectivity index is 0.00000324. The lowest BCUT2D eigenvalue weighted by Crippen LogP contribution is -2.35. The number of hydrogen-bond acceptors (Lipinski definition) is 3. The number of amides is 2. The third-order valence-electron chi connectivity index (χ3n) is 2.29. The SMILES string of the molecule is C.CCOc1cccc(C(=O)NC(C)CC(N)=O)c1. The van der Waals surface area contributed by atoms with Crippen LogP contribution in [0.15, 0.2) is 24.3 Å². The molecule has 0 saturated carbocycles. The Hall–Kier alpha value is -2.04. The van der Waals surface area contributed by atoms with Crippen molar-refractivity contribution in [1.29, 1.82) is 0 Å². The first-order valence-corrected chi connectivity index (χ1v) is 5.85. The van der Waals surface area contributed by atoms with Crippen LogP contribution in [0.3, 0.4) is 0 Å². The van der Waals surface area contributed by atoms with Crippen LogP contribution in [0, 0.1) is 0 Å². The van der Waals surface area contributed by atoms with Gasteiger partial charge in [0, 0.05) is 18.0 Å². The molecule has 0 heterocycles. The molecule has 0 bridgehead atoms. The molecular weight excluding hydrogens is 244 g/mol. The third-order valence-corrected chi connectivity index (χ3v) is 2.29. The van der Waals surface area contributed by atoms with Gasteiger partial charge in [-0.15, -0.1) is 0 Å². The molecule has 1 atom stereocenters. The standard InChI is InChI=1S/C13H18N2O3.CH4/c1-3-18-11-6-4-5-10(8-11)13(17)15-9(2)7-12(14)16;/h4-6,8-9H,3,7H2,1-2H3,(H2,14,16)(H,15,17);1H4. The van der Waals surface area contributed by atoms with E-state index >= 15 is 0 Å². The highest BCUT2D eigenvalue weighted by Crippen LogP contribution is 2.13. The van der Waals surface area contributed by atoms with Gasteiger partial charge in [0.25, 0.3) is 5.91 Å². The zero-order chi connectivity index (χ0) is 13.5. The number of benzene rings is 1. The Kier molecular flexibility index (Phi) is 7.26. The number of ether oxygens (including phenoxy) is 1. The molecule has 0 aromatic heterocycles. The lowest BCUT2D eigenvalue weighted by Gasteiger charge is -2.12. The van der Waals surface area contributed by atoms with Gasteiger partial charge in [-0.25, -0.2) is 0 Å². The van der Waals surface area contributed by atoms with Crippen molar-refractivity contribution in [2.45, 2.75) is 33.7 Å². The fraction of sp³-hybridized carbons (Fsp3) is 0.429. The summed E-state index contributed by atoms with van der Waals surface area (Å²) >= 11 is 0. The molecule has 0 saturated heterocycles. The minimum Gasteiger partial charge on any atom is -0.494 e. The predicted molar refractivity (Wildman–Crippen MR) is 75.1 cm³/mol. The summed E-state index contributed by atoms with van der Waals surface area (Å²) in [5.74, 6) is -0.0381. The topological polar surface area (TPSA) is 81.4 Å². The van der Waals surface area contributed by atoms with E-state index in [4.69, 9.17) is 10.5 Å². The summed E-state index contributed by atoms with van der Waals surface area (Å²) in [6.07, 6.45) is 0.122. The molecule has 1 rings (SSSR count). The van der Waals surface area contributed by atoms with Crippen LogP contribution >= 0.6 is 0 Å². The van der Waals surface area contributed by atoms with Gasteiger partial charge < -0.3 is 15.8 Å². The molecule has 5 nitrogen and oxygen atoms in total. The summed E-state index contributed by atoms with van der Waals surface area (Å²) in [7, 11) is 0. The number of rotatable bonds is 6. The maximum Gasteiger partial charge on any atom is 0.251 e. The quantitative estimate of drug-likeness (QED) is 0.822. The van der Waals surface area contributed by atoms with Crippen molar-refractivity contribution in [3.05, 3.63) is 29.8 Å². The Morgan fingerprint density at radius 1 is 1.42 bits per heavy atom. The largest absolute Gasteiger partial charge is 0.494 e. The molecule has 19 heavy (non-hydrogen) atoms. The molecule has 0 spiro atoms. The van der Waals surface area contributed by atoms with Gasteiger partial charge in [-0.2, -0.15) is 0 Å². The summed E-state index contributed by atoms with van der Waals surface area (Å²) in [5, 5.41) is 2.70. The molecule has 0 aliphatic carbocycles. The second kappa shape index (κ2) is 8.13. The molecule has 1 unspecified atom stereocenters. The highest BCUT2D eigenvalue weighted by atomic mass is 16.5. The Morgan fingerprint density at radius 3 is 2.68 bits per heavy atom. The van der Waals surface area contributed by atoms with Crippen molar-refractivity contribution in [1.82, 2.24) is 5.32 Å². The van der Waals surface area contributed by atoms with E-state index in [1.54, 1.807) is 31.2 Å². The molecule has 0 aliphatic rings. The minimum absolute atomic E-state index is 0. The maximum atomic E-state index is 11.9. The van der Waals surface area contributed by atoms with Crippen molar-refractivity contribution in [2.75, 3.05) is 6.61 Å². The van der Waals surface area contributed by atoms with E-state index in [9.17, 15) is 9.59 Å². The van der Waals surface area contributed by atoms with Gasteiger partial charge in [-0.1, -0.05) is 13.5 Å². The normalized spacial score (nSPS) is 11.1. The van der Waals surface area contributed by atoms with Crippen LogP contribution in [0.25, 0.3) is 0 Å². The van der Waals surface area contributed by atoms with E-state index < -0.39 is 5.91 Å². The van der Waals surface area contributed by atoms with Crippen molar-refractivity contribution in [3.8, 4) is 5.75 Å². The Labute approximate surface area is 114 Å². The minimum atomic E-state index is -0.439. The van der Waals surface area contributed by atoms with Crippen molar-refractivity contribution < 1.29 is 14.3 Å². The van der Waals surface area contributed by atoms with Crippen molar-refractivity contribution >= 4 is 11.8 Å². The van der Waals surface area contributed by atoms with Crippen molar-refractivity contribution in [2.24, 2.45) is 5.73 Å². The van der Waals surface area contributed by atoms with Gasteiger partial charge in [-0.05, 0) is 32.0 Å². The molecule has 0 aliphatic heterocycles. The zero-order valence-electron chi connectivity index (χ0n) is 10.6. The molecular formula is C14H22N2O3. The molecule has 3 N–H and O–H groups in total. The molecule has 5 heteroatoms. The highest BCUT2D eigenvalue weighted by Gasteiger charge is 2.12. The van der Waals surface area contributed by atoms with Gasteiger partial charge in [0.15, 0.2) is 0 Å². The monoisotopic (exact) mass is 266 g/mol. The number of nitrogens with two attached hydrogens (primary N) is 1. The number of nitrogens with one attached hydrogen (secondary N) is 1. The third kappa shape index (κ3) is 5.90.